The second-order valence-electron chi connectivity index (χ2n) is 5.57. The predicted molar refractivity (Wildman–Crippen MR) is 96.6 cm³/mol. The molecule has 26 heavy (non-hydrogen) atoms. The van der Waals surface area contributed by atoms with Crippen LogP contribution < -0.4 is 15.8 Å². The number of hydrogen-bond donors (Lipinski definition) is 2. The number of amides is 1. The van der Waals surface area contributed by atoms with E-state index in [0.29, 0.717) is 18.0 Å². The van der Waals surface area contributed by atoms with Gasteiger partial charge in [-0.15, -0.1) is 0 Å². The van der Waals surface area contributed by atoms with Gasteiger partial charge in [-0.1, -0.05) is 29.4 Å². The molecule has 0 atom stereocenters. The molecule has 0 aliphatic carbocycles. The summed E-state index contributed by atoms with van der Waals surface area (Å²) < 4.78 is 14.9. The van der Waals surface area contributed by atoms with E-state index in [1.165, 1.54) is 0 Å². The van der Waals surface area contributed by atoms with Gasteiger partial charge in [0, 0.05) is 23.9 Å². The van der Waals surface area contributed by atoms with Gasteiger partial charge in [0.15, 0.2) is 12.4 Å². The molecule has 3 aromatic rings. The van der Waals surface area contributed by atoms with E-state index in [4.69, 9.17) is 15.0 Å². The fourth-order valence-corrected chi connectivity index (χ4v) is 2.37. The van der Waals surface area contributed by atoms with E-state index < -0.39 is 6.09 Å². The molecule has 1 aromatic heterocycles. The van der Waals surface area contributed by atoms with Gasteiger partial charge in [-0.3, -0.25) is 0 Å². The van der Waals surface area contributed by atoms with E-state index in [1.807, 2.05) is 48.5 Å². The summed E-state index contributed by atoms with van der Waals surface area (Å²) in [5, 5.41) is 7.32. The monoisotopic (exact) mass is 353 g/mol. The van der Waals surface area contributed by atoms with Gasteiger partial charge < -0.3 is 25.0 Å². The van der Waals surface area contributed by atoms with Gasteiger partial charge in [0.25, 0.3) is 0 Å². The highest BCUT2D eigenvalue weighted by Crippen LogP contribution is 2.22. The number of anilines is 1. The zero-order valence-electron chi connectivity index (χ0n) is 14.3. The molecule has 7 nitrogen and oxygen atoms in total. The number of nitrogens with one attached hydrogen (secondary N) is 1. The quantitative estimate of drug-likeness (QED) is 0.674. The fourth-order valence-electron chi connectivity index (χ4n) is 2.37. The van der Waals surface area contributed by atoms with Gasteiger partial charge in [-0.05, 0) is 29.8 Å². The molecule has 3 N–H and O–H groups in total. The van der Waals surface area contributed by atoms with Gasteiger partial charge >= 0.3 is 6.09 Å². The number of ether oxygens (including phenoxy) is 2. The van der Waals surface area contributed by atoms with Crippen LogP contribution in [0.2, 0.25) is 0 Å². The van der Waals surface area contributed by atoms with Crippen molar-refractivity contribution in [2.75, 3.05) is 12.4 Å². The van der Waals surface area contributed by atoms with Crippen molar-refractivity contribution in [3.63, 3.8) is 0 Å². The molecule has 0 aliphatic heterocycles. The Bertz CT molecular complexity index is 857. The summed E-state index contributed by atoms with van der Waals surface area (Å²) in [6.07, 6.45) is -0.852. The summed E-state index contributed by atoms with van der Waals surface area (Å²) >= 11 is 0. The molecule has 0 fully saturated rings. The van der Waals surface area contributed by atoms with Gasteiger partial charge in [-0.2, -0.15) is 0 Å². The highest BCUT2D eigenvalue weighted by Gasteiger charge is 2.08. The molecule has 0 radical (unpaired) electrons. The van der Waals surface area contributed by atoms with Crippen LogP contribution in [0.5, 0.6) is 5.75 Å². The molecule has 134 valence electrons. The first-order valence-corrected chi connectivity index (χ1v) is 7.99. The molecule has 2 aromatic carbocycles. The van der Waals surface area contributed by atoms with E-state index in [9.17, 15) is 4.79 Å². The van der Waals surface area contributed by atoms with E-state index >= 15 is 0 Å². The average Bonchev–Trinajstić information content (AvgIpc) is 3.14. The molecule has 0 spiro atoms. The number of aromatic nitrogens is 1. The minimum atomic E-state index is -0.852. The largest absolute Gasteiger partial charge is 0.497 e. The van der Waals surface area contributed by atoms with Crippen molar-refractivity contribution in [1.82, 2.24) is 5.16 Å². The maximum Gasteiger partial charge on any atom is 0.404 e. The first-order chi connectivity index (χ1) is 12.6. The van der Waals surface area contributed by atoms with Crippen molar-refractivity contribution < 1.29 is 18.8 Å². The number of methoxy groups -OCH3 is 1. The van der Waals surface area contributed by atoms with E-state index in [1.54, 1.807) is 13.2 Å². The van der Waals surface area contributed by atoms with E-state index in [0.717, 1.165) is 22.6 Å². The Kier molecular flexibility index (Phi) is 5.38. The minimum absolute atomic E-state index is 0.0379. The first-order valence-electron chi connectivity index (χ1n) is 7.99. The van der Waals surface area contributed by atoms with Crippen LogP contribution in [0.1, 0.15) is 11.3 Å². The molecule has 1 heterocycles. The van der Waals surface area contributed by atoms with Crippen LogP contribution in [0.3, 0.4) is 0 Å². The molecule has 0 aliphatic rings. The van der Waals surface area contributed by atoms with Crippen LogP contribution in [0.25, 0.3) is 11.3 Å². The molecule has 1 amide bonds. The number of nitrogens with two attached hydrogens (primary N) is 1. The third kappa shape index (κ3) is 4.54. The van der Waals surface area contributed by atoms with Crippen molar-refractivity contribution in [1.29, 1.82) is 0 Å². The van der Waals surface area contributed by atoms with Gasteiger partial charge in [0.2, 0.25) is 0 Å². The van der Waals surface area contributed by atoms with Crippen LogP contribution in [-0.2, 0) is 17.9 Å². The summed E-state index contributed by atoms with van der Waals surface area (Å²) in [5.74, 6) is 1.27. The van der Waals surface area contributed by atoms with Crippen molar-refractivity contribution in [2.24, 2.45) is 5.73 Å². The molecule has 0 saturated carbocycles. The van der Waals surface area contributed by atoms with Crippen molar-refractivity contribution in [2.45, 2.75) is 13.2 Å². The Morgan fingerprint density at radius 2 is 1.88 bits per heavy atom. The summed E-state index contributed by atoms with van der Waals surface area (Å²) in [4.78, 5) is 10.6. The number of benzene rings is 2. The van der Waals surface area contributed by atoms with E-state index in [2.05, 4.69) is 15.2 Å². The summed E-state index contributed by atoms with van der Waals surface area (Å²) in [5.41, 5.74) is 8.63. The van der Waals surface area contributed by atoms with Crippen LogP contribution in [-0.4, -0.2) is 18.4 Å². The van der Waals surface area contributed by atoms with Crippen LogP contribution in [0, 0.1) is 0 Å². The number of nitrogens with zero attached hydrogens (tertiary/aromatic N) is 1. The standard InChI is InChI=1S/C19H19N3O4/c1-24-16-8-2-13(3-9-16)11-21-15-6-4-14(5-7-15)18-10-17(26-22-18)12-25-19(20)23/h2-10,21H,11-12H2,1H3,(H2,20,23). The molecular weight excluding hydrogens is 334 g/mol. The SMILES string of the molecule is COc1ccc(CNc2ccc(-c3cc(COC(N)=O)on3)cc2)cc1. The van der Waals surface area contributed by atoms with Gasteiger partial charge in [0.05, 0.1) is 7.11 Å². The lowest BCUT2D eigenvalue weighted by molar-refractivity contribution is 0.137. The molecule has 0 unspecified atom stereocenters. The number of rotatable bonds is 7. The lowest BCUT2D eigenvalue weighted by Crippen LogP contribution is -2.12. The Labute approximate surface area is 150 Å². The zero-order valence-corrected chi connectivity index (χ0v) is 14.3. The van der Waals surface area contributed by atoms with E-state index in [-0.39, 0.29) is 6.61 Å². The molecular formula is C19H19N3O4. The number of primary amides is 1. The molecule has 0 saturated heterocycles. The Morgan fingerprint density at radius 1 is 1.15 bits per heavy atom. The highest BCUT2D eigenvalue weighted by molar-refractivity contribution is 5.65. The van der Waals surface area contributed by atoms with Crippen molar-refractivity contribution >= 4 is 11.8 Å². The van der Waals surface area contributed by atoms with Crippen LogP contribution in [0.15, 0.2) is 59.1 Å². The average molecular weight is 353 g/mol. The lowest BCUT2D eigenvalue weighted by atomic mass is 10.1. The molecule has 7 heteroatoms. The normalized spacial score (nSPS) is 10.3. The Balaban J connectivity index is 1.58. The predicted octanol–water partition coefficient (Wildman–Crippen LogP) is 3.56. The van der Waals surface area contributed by atoms with Crippen LogP contribution >= 0.6 is 0 Å². The smallest absolute Gasteiger partial charge is 0.404 e. The molecule has 0 bridgehead atoms. The minimum Gasteiger partial charge on any atom is -0.497 e. The number of carbonyl (C=O) groups excluding carboxylic acids is 1. The number of carbonyl (C=O) groups is 1. The maximum atomic E-state index is 10.6. The highest BCUT2D eigenvalue weighted by atomic mass is 16.6. The van der Waals surface area contributed by atoms with Gasteiger partial charge in [0.1, 0.15) is 11.4 Å². The zero-order chi connectivity index (χ0) is 18.4. The van der Waals surface area contributed by atoms with Gasteiger partial charge in [-0.25, -0.2) is 4.79 Å². The Morgan fingerprint density at radius 3 is 2.54 bits per heavy atom. The topological polar surface area (TPSA) is 99.6 Å². The first kappa shape index (κ1) is 17.3. The summed E-state index contributed by atoms with van der Waals surface area (Å²) in [6, 6.07) is 17.4. The van der Waals surface area contributed by atoms with Crippen LogP contribution in [0.4, 0.5) is 10.5 Å². The second-order valence-corrected chi connectivity index (χ2v) is 5.57. The summed E-state index contributed by atoms with van der Waals surface area (Å²) in [7, 11) is 1.65. The van der Waals surface area contributed by atoms with Crippen molar-refractivity contribution in [3.8, 4) is 17.0 Å². The lowest BCUT2D eigenvalue weighted by Gasteiger charge is -2.08. The maximum absolute atomic E-state index is 10.6. The number of hydrogen-bond acceptors (Lipinski definition) is 6. The molecule has 3 rings (SSSR count). The third-order valence-corrected chi connectivity index (χ3v) is 3.75. The second kappa shape index (κ2) is 8.06. The van der Waals surface area contributed by atoms with Crippen molar-refractivity contribution in [3.05, 3.63) is 65.9 Å². The Hall–Kier alpha value is -3.48. The fraction of sp³-hybridized carbons (Fsp3) is 0.158. The third-order valence-electron chi connectivity index (χ3n) is 3.75. The summed E-state index contributed by atoms with van der Waals surface area (Å²) in [6.45, 7) is 0.672.